The minimum absolute atomic E-state index is 0. The van der Waals surface area contributed by atoms with Crippen LogP contribution in [0.1, 0.15) is 110 Å². The fourth-order valence-corrected chi connectivity index (χ4v) is 6.94. The van der Waals surface area contributed by atoms with Crippen LogP contribution < -0.4 is 10.0 Å². The molecule has 0 aliphatic carbocycles. The number of benzene rings is 3. The summed E-state index contributed by atoms with van der Waals surface area (Å²) in [4.78, 5) is 12.4. The van der Waals surface area contributed by atoms with Crippen molar-refractivity contribution in [2.75, 3.05) is 31.1 Å². The average Bonchev–Trinajstić information content (AvgIpc) is 3.24. The summed E-state index contributed by atoms with van der Waals surface area (Å²) in [6.07, 6.45) is 11.1. The molecule has 3 aromatic rings. The molecule has 1 aliphatic heterocycles. The predicted octanol–water partition coefficient (Wildman–Crippen LogP) is 7.17. The monoisotopic (exact) mass is 667 g/mol. The largest absolute Gasteiger partial charge is 0.872 e. The van der Waals surface area contributed by atoms with Crippen molar-refractivity contribution in [1.29, 1.82) is 0 Å². The maximum absolute atomic E-state index is 12.5. The van der Waals surface area contributed by atoms with E-state index >= 15 is 0 Å². The van der Waals surface area contributed by atoms with Gasteiger partial charge in [-0.05, 0) is 42.9 Å². The van der Waals surface area contributed by atoms with Gasteiger partial charge in [0.05, 0.1) is 31.1 Å². The van der Waals surface area contributed by atoms with E-state index in [4.69, 9.17) is 0 Å². The molecule has 0 aromatic heterocycles. The molecule has 268 valence electrons. The zero-order chi connectivity index (χ0) is 33.8. The fourth-order valence-electron chi connectivity index (χ4n) is 6.94. The first kappa shape index (κ1) is 42.5. The van der Waals surface area contributed by atoms with Crippen LogP contribution in [0.15, 0.2) is 72.8 Å². The first-order valence-electron chi connectivity index (χ1n) is 17.5. The Balaban J connectivity index is 0.000000528. The number of hydrogen-bond donors (Lipinski definition) is 1. The summed E-state index contributed by atoms with van der Waals surface area (Å²) in [6.45, 7) is 19.0. The number of hydrogen-bond acceptors (Lipinski definition) is 5. The van der Waals surface area contributed by atoms with E-state index in [2.05, 4.69) is 27.7 Å². The molecule has 0 unspecified atom stereocenters. The third-order valence-corrected chi connectivity index (χ3v) is 9.83. The van der Waals surface area contributed by atoms with Crippen molar-refractivity contribution in [1.82, 2.24) is 0 Å². The highest BCUT2D eigenvalue weighted by molar-refractivity contribution is 5.67. The molecule has 1 atom stereocenters. The molecule has 5 N–H and O–H groups in total. The number of non-ortho nitro benzene ring substituents is 1. The number of aliphatic hydroxyl groups is 1. The number of fused-ring (bicyclic) bond motifs is 1. The molecular weight excluding hydrogens is 606 g/mol. The van der Waals surface area contributed by atoms with Crippen molar-refractivity contribution in [2.45, 2.75) is 111 Å². The van der Waals surface area contributed by atoms with Gasteiger partial charge < -0.3 is 30.5 Å². The maximum Gasteiger partial charge on any atom is 0.269 e. The van der Waals surface area contributed by atoms with Crippen LogP contribution in [0.4, 0.5) is 11.4 Å². The Morgan fingerprint density at radius 3 is 1.71 bits per heavy atom. The lowest BCUT2D eigenvalue weighted by atomic mass is 9.74. The Kier molecular flexibility index (Phi) is 17.3. The summed E-state index contributed by atoms with van der Waals surface area (Å²) >= 11 is 0. The smallest absolute Gasteiger partial charge is 0.269 e. The highest BCUT2D eigenvalue weighted by atomic mass is 16.6. The predicted molar refractivity (Wildman–Crippen MR) is 195 cm³/mol. The third kappa shape index (κ3) is 9.56. The van der Waals surface area contributed by atoms with Crippen LogP contribution in [0.5, 0.6) is 5.75 Å². The van der Waals surface area contributed by atoms with E-state index in [9.17, 15) is 20.3 Å². The van der Waals surface area contributed by atoms with E-state index in [1.165, 1.54) is 100 Å². The van der Waals surface area contributed by atoms with Gasteiger partial charge in [0.15, 0.2) is 5.72 Å². The highest BCUT2D eigenvalue weighted by Gasteiger charge is 2.57. The Morgan fingerprint density at radius 2 is 1.23 bits per heavy atom. The molecule has 0 saturated heterocycles. The van der Waals surface area contributed by atoms with Crippen molar-refractivity contribution in [3.63, 3.8) is 0 Å². The summed E-state index contributed by atoms with van der Waals surface area (Å²) in [5.41, 5.74) is 0.442. The molecule has 0 bridgehead atoms. The van der Waals surface area contributed by atoms with Gasteiger partial charge in [-0.3, -0.25) is 10.1 Å². The van der Waals surface area contributed by atoms with Crippen molar-refractivity contribution >= 4 is 11.4 Å². The second kappa shape index (κ2) is 19.5. The Hall–Kier alpha value is -3.50. The summed E-state index contributed by atoms with van der Waals surface area (Å²) in [6, 6.07) is 20.7. The van der Waals surface area contributed by atoms with Crippen LogP contribution in [0.25, 0.3) is 0 Å². The lowest BCUT2D eigenvalue weighted by Crippen LogP contribution is -2.52. The zero-order valence-electron chi connectivity index (χ0n) is 30.1. The zero-order valence-corrected chi connectivity index (χ0v) is 30.1. The lowest BCUT2D eigenvalue weighted by Gasteiger charge is -2.44. The van der Waals surface area contributed by atoms with Gasteiger partial charge in [0.1, 0.15) is 0 Å². The van der Waals surface area contributed by atoms with Crippen LogP contribution in [0.3, 0.4) is 0 Å². The highest BCUT2D eigenvalue weighted by Crippen LogP contribution is 2.56. The van der Waals surface area contributed by atoms with Gasteiger partial charge in [0.2, 0.25) is 0 Å². The summed E-state index contributed by atoms with van der Waals surface area (Å²) in [7, 11) is 0. The van der Waals surface area contributed by atoms with Crippen molar-refractivity contribution in [3.05, 3.63) is 99.6 Å². The van der Waals surface area contributed by atoms with Crippen LogP contribution in [0.2, 0.25) is 0 Å². The van der Waals surface area contributed by atoms with Crippen LogP contribution in [0, 0.1) is 10.1 Å². The minimum Gasteiger partial charge on any atom is -0.872 e. The lowest BCUT2D eigenvalue weighted by molar-refractivity contribution is -0.929. The topological polar surface area (TPSA) is 153 Å². The van der Waals surface area contributed by atoms with E-state index in [-0.39, 0.29) is 34.5 Å². The number of para-hydroxylation sites is 1. The Labute approximate surface area is 288 Å². The van der Waals surface area contributed by atoms with Crippen LogP contribution >= 0.6 is 0 Å². The van der Waals surface area contributed by atoms with Gasteiger partial charge in [0, 0.05) is 35.3 Å². The molecular formula is C39H61N3O6. The molecule has 0 spiro atoms. The molecule has 3 aromatic carbocycles. The van der Waals surface area contributed by atoms with E-state index in [0.29, 0.717) is 5.56 Å². The Bertz CT molecular complexity index is 1350. The van der Waals surface area contributed by atoms with Crippen LogP contribution in [-0.4, -0.2) is 51.6 Å². The van der Waals surface area contributed by atoms with Gasteiger partial charge in [-0.1, -0.05) is 122 Å². The van der Waals surface area contributed by atoms with Gasteiger partial charge in [-0.25, -0.2) is 0 Å². The second-order valence-corrected chi connectivity index (χ2v) is 13.5. The minimum atomic E-state index is -1.44. The number of nitro groups is 1. The molecule has 48 heavy (non-hydrogen) atoms. The number of unbranched alkanes of at least 4 members (excludes halogenated alkanes) is 4. The number of quaternary nitrogens is 1. The molecule has 0 radical (unpaired) electrons. The van der Waals surface area contributed by atoms with Gasteiger partial charge in [-0.2, -0.15) is 0 Å². The first-order valence-corrected chi connectivity index (χ1v) is 17.5. The van der Waals surface area contributed by atoms with Crippen molar-refractivity contribution in [3.8, 4) is 5.75 Å². The number of nitro benzene ring substituents is 1. The number of anilines is 1. The van der Waals surface area contributed by atoms with E-state index < -0.39 is 16.1 Å². The third-order valence-electron chi connectivity index (χ3n) is 9.83. The van der Waals surface area contributed by atoms with Crippen LogP contribution in [-0.2, 0) is 17.7 Å². The fraction of sp³-hybridized carbons (Fsp3) is 0.538. The summed E-state index contributed by atoms with van der Waals surface area (Å²) in [5.74, 6) is -0.298. The Morgan fingerprint density at radius 1 is 0.750 bits per heavy atom. The number of nitrogens with zero attached hydrogens (tertiary/aromatic N) is 3. The van der Waals surface area contributed by atoms with Crippen molar-refractivity contribution < 1.29 is 30.6 Å². The normalized spacial score (nSPS) is 16.2. The summed E-state index contributed by atoms with van der Waals surface area (Å²) in [5, 5.41) is 35.8. The molecule has 0 saturated carbocycles. The SMILES string of the molecule is CC1(C)c2ccccc2N(Cc2cc([N+](=O)[O-])ccc2[O-])[C@]1(O)c1ccccc1.CCCC[N+](CCCC)(CCCC)CCCC.O.O. The molecule has 9 heteroatoms. The second-order valence-electron chi connectivity index (χ2n) is 13.5. The molecule has 1 aliphatic rings. The summed E-state index contributed by atoms with van der Waals surface area (Å²) < 4.78 is 1.42. The first-order chi connectivity index (χ1) is 22.0. The molecule has 0 fully saturated rings. The van der Waals surface area contributed by atoms with Gasteiger partial charge in [0.25, 0.3) is 5.69 Å². The quantitative estimate of drug-likeness (QED) is 0.0975. The van der Waals surface area contributed by atoms with Crippen molar-refractivity contribution in [2.24, 2.45) is 0 Å². The standard InChI is InChI=1S/C23H22N2O4.C16H36N.2H2O/c1-22(2)19-10-6-7-11-20(19)24(23(22,27)17-8-4-3-5-9-17)15-16-14-18(25(28)29)12-13-21(16)26;1-5-9-13-17(14-10-6-2,15-11-7-3)16-12-8-4;;/h3-14,26-27H,15H2,1-2H3;5-16H2,1-4H3;2*1H2/q;+1;;/p-1/t23-;;;/m0.../s1. The molecule has 0 amide bonds. The van der Waals surface area contributed by atoms with E-state index in [0.717, 1.165) is 11.3 Å². The molecule has 9 nitrogen and oxygen atoms in total. The maximum atomic E-state index is 12.5. The van der Waals surface area contributed by atoms with E-state index in [1.807, 2.05) is 68.4 Å². The van der Waals surface area contributed by atoms with E-state index in [1.54, 1.807) is 4.90 Å². The number of rotatable bonds is 16. The van der Waals surface area contributed by atoms with Gasteiger partial charge in [-0.15, -0.1) is 5.75 Å². The molecule has 4 rings (SSSR count). The van der Waals surface area contributed by atoms with Gasteiger partial charge >= 0.3 is 0 Å². The average molecular weight is 668 g/mol. The molecule has 1 heterocycles.